The molecule has 0 unspecified atom stereocenters. The minimum Gasteiger partial charge on any atom is -0.479 e. The molecule has 2 aromatic rings. The molecule has 0 saturated carbocycles. The number of benzene rings is 2. The highest BCUT2D eigenvalue weighted by molar-refractivity contribution is 6.30. The third-order valence-electron chi connectivity index (χ3n) is 3.51. The Morgan fingerprint density at radius 1 is 1.19 bits per heavy atom. The van der Waals surface area contributed by atoms with E-state index in [1.807, 2.05) is 6.07 Å². The van der Waals surface area contributed by atoms with Crippen molar-refractivity contribution in [2.24, 2.45) is 0 Å². The van der Waals surface area contributed by atoms with E-state index in [1.54, 1.807) is 31.2 Å². The summed E-state index contributed by atoms with van der Waals surface area (Å²) in [4.78, 5) is 24.4. The Balaban J connectivity index is 1.94. The molecule has 1 N–H and O–H groups in total. The van der Waals surface area contributed by atoms with E-state index in [2.05, 4.69) is 5.32 Å². The molecule has 7 heteroatoms. The monoisotopic (exact) mass is 379 g/mol. The first-order chi connectivity index (χ1) is 12.4. The zero-order valence-electron chi connectivity index (χ0n) is 14.4. The largest absolute Gasteiger partial charge is 0.479 e. The fourth-order valence-corrected chi connectivity index (χ4v) is 2.25. The molecule has 0 aliphatic rings. The van der Waals surface area contributed by atoms with Crippen molar-refractivity contribution in [3.63, 3.8) is 0 Å². The van der Waals surface area contributed by atoms with Crippen LogP contribution in [-0.4, -0.2) is 24.1 Å². The molecule has 0 spiro atoms. The van der Waals surface area contributed by atoms with Gasteiger partial charge in [-0.2, -0.15) is 0 Å². The molecule has 1 amide bonds. The average molecular weight is 380 g/mol. The van der Waals surface area contributed by atoms with E-state index in [0.717, 1.165) is 6.07 Å². The number of halogens is 2. The maximum Gasteiger partial charge on any atom is 0.348 e. The molecule has 0 fully saturated rings. The van der Waals surface area contributed by atoms with Crippen molar-refractivity contribution in [3.05, 3.63) is 59.4 Å². The molecule has 2 aromatic carbocycles. The highest BCUT2D eigenvalue weighted by Gasteiger charge is 2.25. The molecule has 5 nitrogen and oxygen atoms in total. The molecule has 26 heavy (non-hydrogen) atoms. The molecule has 0 aromatic heterocycles. The predicted molar refractivity (Wildman–Crippen MR) is 96.7 cm³/mol. The zero-order valence-corrected chi connectivity index (χ0v) is 15.1. The van der Waals surface area contributed by atoms with Crippen LogP contribution in [0.15, 0.2) is 48.5 Å². The van der Waals surface area contributed by atoms with Gasteiger partial charge in [-0.05, 0) is 43.7 Å². The van der Waals surface area contributed by atoms with Crippen LogP contribution in [0.25, 0.3) is 0 Å². The Labute approximate surface area is 156 Å². The summed E-state index contributed by atoms with van der Waals surface area (Å²) in [6.45, 7) is 3.17. The minimum absolute atomic E-state index is 0.0464. The maximum atomic E-state index is 13.7. The second kappa shape index (κ2) is 9.20. The minimum atomic E-state index is -1.12. The lowest BCUT2D eigenvalue weighted by atomic mass is 10.2. The van der Waals surface area contributed by atoms with Crippen molar-refractivity contribution in [2.75, 3.05) is 5.32 Å². The normalized spacial score (nSPS) is 12.8. The second-order valence-electron chi connectivity index (χ2n) is 5.52. The zero-order chi connectivity index (χ0) is 19.1. The van der Waals surface area contributed by atoms with Crippen molar-refractivity contribution in [2.45, 2.75) is 32.5 Å². The number of hydrogen-bond donors (Lipinski definition) is 1. The van der Waals surface area contributed by atoms with Gasteiger partial charge in [0.15, 0.2) is 12.2 Å². The standard InChI is InChI=1S/C19H19ClFNO4/c1-3-17(26-14-7-5-4-6-8-14)19(24)25-12(2)18(23)22-16-10-9-13(20)11-15(16)21/h4-12,17H,3H2,1-2H3,(H,22,23)/t12-,17+/m1/s1. The number of nitrogens with one attached hydrogen (secondary N) is 1. The molecule has 0 aliphatic carbocycles. The molecule has 0 radical (unpaired) electrons. The van der Waals surface area contributed by atoms with Gasteiger partial charge in [-0.15, -0.1) is 0 Å². The third-order valence-corrected chi connectivity index (χ3v) is 3.74. The van der Waals surface area contributed by atoms with E-state index in [4.69, 9.17) is 21.1 Å². The number of rotatable bonds is 7. The molecule has 138 valence electrons. The number of carbonyl (C=O) groups excluding carboxylic acids is 2. The van der Waals surface area contributed by atoms with Crippen molar-refractivity contribution in [3.8, 4) is 5.75 Å². The van der Waals surface area contributed by atoms with E-state index in [-0.39, 0.29) is 10.7 Å². The Morgan fingerprint density at radius 3 is 2.50 bits per heavy atom. The number of carbonyl (C=O) groups is 2. The van der Waals surface area contributed by atoms with Crippen molar-refractivity contribution < 1.29 is 23.5 Å². The van der Waals surface area contributed by atoms with Crippen LogP contribution in [0.3, 0.4) is 0 Å². The number of para-hydroxylation sites is 1. The van der Waals surface area contributed by atoms with Gasteiger partial charge >= 0.3 is 5.97 Å². The number of esters is 1. The van der Waals surface area contributed by atoms with Gasteiger partial charge in [-0.25, -0.2) is 9.18 Å². The first-order valence-electron chi connectivity index (χ1n) is 8.08. The van der Waals surface area contributed by atoms with E-state index in [1.165, 1.54) is 19.1 Å². The van der Waals surface area contributed by atoms with Crippen molar-refractivity contribution in [1.29, 1.82) is 0 Å². The quantitative estimate of drug-likeness (QED) is 0.732. The Bertz CT molecular complexity index is 769. The molecular weight excluding hydrogens is 361 g/mol. The van der Waals surface area contributed by atoms with Crippen LogP contribution in [0.2, 0.25) is 5.02 Å². The summed E-state index contributed by atoms with van der Waals surface area (Å²) < 4.78 is 24.5. The SMILES string of the molecule is CC[C@H](Oc1ccccc1)C(=O)O[C@H](C)C(=O)Nc1ccc(Cl)cc1F. The van der Waals surface area contributed by atoms with Crippen LogP contribution in [-0.2, 0) is 14.3 Å². The van der Waals surface area contributed by atoms with Gasteiger partial charge in [0.25, 0.3) is 5.91 Å². The van der Waals surface area contributed by atoms with Crippen LogP contribution in [0.5, 0.6) is 5.75 Å². The van der Waals surface area contributed by atoms with E-state index in [9.17, 15) is 14.0 Å². The highest BCUT2D eigenvalue weighted by atomic mass is 35.5. The van der Waals surface area contributed by atoms with Gasteiger partial charge in [0.05, 0.1) is 5.69 Å². The second-order valence-corrected chi connectivity index (χ2v) is 5.96. The summed E-state index contributed by atoms with van der Waals surface area (Å²) in [7, 11) is 0. The Hall–Kier alpha value is -2.60. The van der Waals surface area contributed by atoms with E-state index < -0.39 is 29.9 Å². The summed E-state index contributed by atoms with van der Waals surface area (Å²) in [6.07, 6.45) is -1.60. The number of amides is 1. The van der Waals surface area contributed by atoms with Crippen LogP contribution in [0, 0.1) is 5.82 Å². The number of ether oxygens (including phenoxy) is 2. The number of hydrogen-bond acceptors (Lipinski definition) is 4. The predicted octanol–water partition coefficient (Wildman–Crippen LogP) is 4.21. The lowest BCUT2D eigenvalue weighted by molar-refractivity contribution is -0.160. The van der Waals surface area contributed by atoms with Gasteiger partial charge in [-0.3, -0.25) is 4.79 Å². The smallest absolute Gasteiger partial charge is 0.348 e. The Kier molecular flexibility index (Phi) is 6.97. The fourth-order valence-electron chi connectivity index (χ4n) is 2.09. The summed E-state index contributed by atoms with van der Waals surface area (Å²) >= 11 is 5.67. The molecule has 0 saturated heterocycles. The van der Waals surface area contributed by atoms with E-state index in [0.29, 0.717) is 12.2 Å². The van der Waals surface area contributed by atoms with Crippen LogP contribution < -0.4 is 10.1 Å². The summed E-state index contributed by atoms with van der Waals surface area (Å²) in [6, 6.07) is 12.7. The highest BCUT2D eigenvalue weighted by Crippen LogP contribution is 2.19. The van der Waals surface area contributed by atoms with Crippen LogP contribution in [0.1, 0.15) is 20.3 Å². The van der Waals surface area contributed by atoms with Gasteiger partial charge < -0.3 is 14.8 Å². The lowest BCUT2D eigenvalue weighted by Crippen LogP contribution is -2.36. The summed E-state index contributed by atoms with van der Waals surface area (Å²) in [5.41, 5.74) is -0.0464. The van der Waals surface area contributed by atoms with Gasteiger partial charge in [-0.1, -0.05) is 36.7 Å². The Morgan fingerprint density at radius 2 is 1.88 bits per heavy atom. The molecule has 2 atom stereocenters. The fraction of sp³-hybridized carbons (Fsp3) is 0.263. The first kappa shape index (κ1) is 19.7. The van der Waals surface area contributed by atoms with Gasteiger partial charge in [0.2, 0.25) is 0 Å². The topological polar surface area (TPSA) is 64.6 Å². The van der Waals surface area contributed by atoms with Crippen molar-refractivity contribution in [1.82, 2.24) is 0 Å². The maximum absolute atomic E-state index is 13.7. The summed E-state index contributed by atoms with van der Waals surface area (Å²) in [5.74, 6) is -1.48. The van der Waals surface area contributed by atoms with Gasteiger partial charge in [0, 0.05) is 5.02 Å². The molecule has 0 bridgehead atoms. The third kappa shape index (κ3) is 5.46. The van der Waals surface area contributed by atoms with E-state index >= 15 is 0 Å². The molecule has 0 aliphatic heterocycles. The van der Waals surface area contributed by atoms with Crippen LogP contribution >= 0.6 is 11.6 Å². The lowest BCUT2D eigenvalue weighted by Gasteiger charge is -2.19. The number of anilines is 1. The molecule has 2 rings (SSSR count). The summed E-state index contributed by atoms with van der Waals surface area (Å²) in [5, 5.41) is 2.57. The molecule has 0 heterocycles. The average Bonchev–Trinajstić information content (AvgIpc) is 2.62. The first-order valence-corrected chi connectivity index (χ1v) is 8.46. The molecular formula is C19H19ClFNO4. The van der Waals surface area contributed by atoms with Crippen molar-refractivity contribution >= 4 is 29.2 Å². The van der Waals surface area contributed by atoms with Gasteiger partial charge in [0.1, 0.15) is 11.6 Å². The van der Waals surface area contributed by atoms with Crippen LogP contribution in [0.4, 0.5) is 10.1 Å².